The maximum Gasteiger partial charge on any atom is 0.239 e. The maximum atomic E-state index is 12.1. The van der Waals surface area contributed by atoms with Crippen molar-refractivity contribution in [3.05, 3.63) is 0 Å². The Hall–Kier alpha value is -0.660. The van der Waals surface area contributed by atoms with E-state index >= 15 is 0 Å². The molecule has 0 unspecified atom stereocenters. The van der Waals surface area contributed by atoms with Crippen LogP contribution in [-0.4, -0.2) is 62.0 Å². The topological polar surface area (TPSA) is 83.7 Å². The number of sulfonamides is 1. The molecule has 0 bridgehead atoms. The third-order valence-corrected chi connectivity index (χ3v) is 4.86. The molecule has 0 spiro atoms. The summed E-state index contributed by atoms with van der Waals surface area (Å²) in [6.07, 6.45) is 2.05. The van der Waals surface area contributed by atoms with Crippen molar-refractivity contribution in [2.75, 3.05) is 32.4 Å². The largest absolute Gasteiger partial charge is 0.339 e. The summed E-state index contributed by atoms with van der Waals surface area (Å²) in [6, 6.07) is -0.486. The van der Waals surface area contributed by atoms with Crippen LogP contribution in [0.1, 0.15) is 20.3 Å². The Morgan fingerprint density at radius 1 is 1.28 bits per heavy atom. The summed E-state index contributed by atoms with van der Waals surface area (Å²) >= 11 is 0. The van der Waals surface area contributed by atoms with Crippen molar-refractivity contribution >= 4 is 15.9 Å². The predicted octanol–water partition coefficient (Wildman–Crippen LogP) is -0.536. The fourth-order valence-electron chi connectivity index (χ4n) is 1.95. The van der Waals surface area contributed by atoms with Crippen LogP contribution in [0, 0.1) is 5.92 Å². The van der Waals surface area contributed by atoms with Gasteiger partial charge in [-0.2, -0.15) is 4.31 Å². The van der Waals surface area contributed by atoms with E-state index in [1.54, 1.807) is 4.90 Å². The van der Waals surface area contributed by atoms with Crippen molar-refractivity contribution in [1.29, 1.82) is 0 Å². The van der Waals surface area contributed by atoms with Crippen molar-refractivity contribution in [1.82, 2.24) is 9.21 Å². The number of nitrogens with two attached hydrogens (primary N) is 1. The lowest BCUT2D eigenvalue weighted by Gasteiger charge is -2.35. The highest BCUT2D eigenvalue weighted by Gasteiger charge is 2.30. The summed E-state index contributed by atoms with van der Waals surface area (Å²) in [5.41, 5.74) is 5.90. The van der Waals surface area contributed by atoms with Crippen LogP contribution < -0.4 is 5.73 Å². The molecular weight excluding hydrogens is 254 g/mol. The molecule has 1 saturated heterocycles. The molecule has 0 aromatic rings. The van der Waals surface area contributed by atoms with E-state index in [1.165, 1.54) is 10.6 Å². The van der Waals surface area contributed by atoms with E-state index in [4.69, 9.17) is 5.73 Å². The molecule has 2 N–H and O–H groups in total. The third kappa shape index (κ3) is 3.66. The molecule has 1 aliphatic heterocycles. The van der Waals surface area contributed by atoms with Crippen molar-refractivity contribution in [2.24, 2.45) is 11.7 Å². The fourth-order valence-corrected chi connectivity index (χ4v) is 2.77. The second kappa shape index (κ2) is 5.99. The van der Waals surface area contributed by atoms with E-state index in [0.29, 0.717) is 26.2 Å². The van der Waals surface area contributed by atoms with E-state index in [1.807, 2.05) is 13.8 Å². The lowest BCUT2D eigenvalue weighted by molar-refractivity contribution is -0.134. The maximum absolute atomic E-state index is 12.1. The van der Waals surface area contributed by atoms with E-state index in [2.05, 4.69) is 0 Å². The summed E-state index contributed by atoms with van der Waals surface area (Å²) in [5.74, 6) is 0.0722. The van der Waals surface area contributed by atoms with Crippen molar-refractivity contribution in [3.8, 4) is 0 Å². The monoisotopic (exact) mass is 277 g/mol. The molecule has 106 valence electrons. The van der Waals surface area contributed by atoms with Gasteiger partial charge in [0.1, 0.15) is 0 Å². The van der Waals surface area contributed by atoms with Gasteiger partial charge in [0.15, 0.2) is 0 Å². The first-order valence-electron chi connectivity index (χ1n) is 6.26. The molecule has 2 atom stereocenters. The fraction of sp³-hybridized carbons (Fsp3) is 0.909. The van der Waals surface area contributed by atoms with Gasteiger partial charge in [0.2, 0.25) is 15.9 Å². The highest BCUT2D eigenvalue weighted by atomic mass is 32.2. The number of piperazine rings is 1. The number of carbonyl (C=O) groups excluding carboxylic acids is 1. The molecule has 0 aromatic heterocycles. The SMILES string of the molecule is CC[C@H](C)[C@H](N)C(=O)N1CCN(S(C)(=O)=O)CC1. The standard InChI is InChI=1S/C11H23N3O3S/c1-4-9(2)10(12)11(15)13-5-7-14(8-6-13)18(3,16)17/h9-10H,4-8,12H2,1-3H3/t9-,10-/m0/s1. The lowest BCUT2D eigenvalue weighted by atomic mass is 9.99. The van der Waals surface area contributed by atoms with Crippen LogP contribution in [-0.2, 0) is 14.8 Å². The Bertz CT molecular complexity index is 388. The first-order valence-corrected chi connectivity index (χ1v) is 8.11. The number of amides is 1. The average Bonchev–Trinajstić information content (AvgIpc) is 2.35. The minimum absolute atomic E-state index is 0.0718. The number of rotatable bonds is 4. The number of carbonyl (C=O) groups is 1. The van der Waals surface area contributed by atoms with Gasteiger partial charge < -0.3 is 10.6 Å². The average molecular weight is 277 g/mol. The summed E-state index contributed by atoms with van der Waals surface area (Å²) in [4.78, 5) is 13.8. The van der Waals surface area contributed by atoms with E-state index in [9.17, 15) is 13.2 Å². The molecule has 0 aromatic carbocycles. The second-order valence-corrected chi connectivity index (χ2v) is 6.88. The van der Waals surface area contributed by atoms with Gasteiger partial charge >= 0.3 is 0 Å². The molecule has 7 heteroatoms. The van der Waals surface area contributed by atoms with E-state index in [0.717, 1.165) is 6.42 Å². The first-order chi connectivity index (χ1) is 8.27. The van der Waals surface area contributed by atoms with E-state index < -0.39 is 16.1 Å². The molecule has 18 heavy (non-hydrogen) atoms. The Morgan fingerprint density at radius 2 is 1.78 bits per heavy atom. The van der Waals surface area contributed by atoms with Gasteiger partial charge in [-0.15, -0.1) is 0 Å². The molecule has 1 aliphatic rings. The number of hydrogen-bond acceptors (Lipinski definition) is 4. The van der Waals surface area contributed by atoms with Crippen molar-refractivity contribution < 1.29 is 13.2 Å². The van der Waals surface area contributed by atoms with Crippen LogP contribution in [0.4, 0.5) is 0 Å². The molecule has 0 aliphatic carbocycles. The van der Waals surface area contributed by atoms with Crippen molar-refractivity contribution in [3.63, 3.8) is 0 Å². The summed E-state index contributed by atoms with van der Waals surface area (Å²) in [5, 5.41) is 0. The zero-order valence-corrected chi connectivity index (χ0v) is 12.1. The molecule has 6 nitrogen and oxygen atoms in total. The van der Waals surface area contributed by atoms with Gasteiger partial charge in [-0.1, -0.05) is 20.3 Å². The Labute approximate surface area is 109 Å². The summed E-state index contributed by atoms with van der Waals surface area (Å²) < 4.78 is 24.1. The zero-order chi connectivity index (χ0) is 13.9. The van der Waals surface area contributed by atoms with Gasteiger partial charge in [-0.3, -0.25) is 4.79 Å². The third-order valence-electron chi connectivity index (χ3n) is 3.56. The number of hydrogen-bond donors (Lipinski definition) is 1. The quantitative estimate of drug-likeness (QED) is 0.748. The Morgan fingerprint density at radius 3 is 2.17 bits per heavy atom. The van der Waals surface area contributed by atoms with Crippen LogP contribution in [0.15, 0.2) is 0 Å². The van der Waals surface area contributed by atoms with E-state index in [-0.39, 0.29) is 11.8 Å². The molecular formula is C11H23N3O3S. The van der Waals surface area contributed by atoms with Gasteiger partial charge in [0.05, 0.1) is 12.3 Å². The van der Waals surface area contributed by atoms with Crippen LogP contribution in [0.5, 0.6) is 0 Å². The predicted molar refractivity (Wildman–Crippen MR) is 70.4 cm³/mol. The Balaban J connectivity index is 2.55. The molecule has 1 fully saturated rings. The highest BCUT2D eigenvalue weighted by molar-refractivity contribution is 7.88. The molecule has 0 saturated carbocycles. The zero-order valence-electron chi connectivity index (χ0n) is 11.3. The minimum atomic E-state index is -3.15. The van der Waals surface area contributed by atoms with Gasteiger partial charge in [-0.25, -0.2) is 8.42 Å². The smallest absolute Gasteiger partial charge is 0.239 e. The second-order valence-electron chi connectivity index (χ2n) is 4.90. The normalized spacial score (nSPS) is 21.7. The first kappa shape index (κ1) is 15.4. The summed E-state index contributed by atoms with van der Waals surface area (Å²) in [6.45, 7) is 5.52. The van der Waals surface area contributed by atoms with Crippen LogP contribution in [0.2, 0.25) is 0 Å². The minimum Gasteiger partial charge on any atom is -0.339 e. The Kier molecular flexibility index (Phi) is 5.12. The lowest BCUT2D eigenvalue weighted by Crippen LogP contribution is -2.55. The van der Waals surface area contributed by atoms with Crippen molar-refractivity contribution in [2.45, 2.75) is 26.3 Å². The summed E-state index contributed by atoms with van der Waals surface area (Å²) in [7, 11) is -3.15. The van der Waals surface area contributed by atoms with Crippen LogP contribution >= 0.6 is 0 Å². The van der Waals surface area contributed by atoms with Crippen LogP contribution in [0.3, 0.4) is 0 Å². The molecule has 1 amide bonds. The highest BCUT2D eigenvalue weighted by Crippen LogP contribution is 2.12. The molecule has 1 rings (SSSR count). The van der Waals surface area contributed by atoms with Gasteiger partial charge in [-0.05, 0) is 5.92 Å². The molecule has 1 heterocycles. The van der Waals surface area contributed by atoms with Gasteiger partial charge in [0, 0.05) is 26.2 Å². The number of nitrogens with zero attached hydrogens (tertiary/aromatic N) is 2. The van der Waals surface area contributed by atoms with Crippen LogP contribution in [0.25, 0.3) is 0 Å². The molecule has 0 radical (unpaired) electrons. The van der Waals surface area contributed by atoms with Gasteiger partial charge in [0.25, 0.3) is 0 Å².